The lowest BCUT2D eigenvalue weighted by atomic mass is 10.1. The number of sulfone groups is 1. The van der Waals surface area contributed by atoms with E-state index in [1.54, 1.807) is 45.1 Å². The van der Waals surface area contributed by atoms with Gasteiger partial charge in [-0.05, 0) is 18.2 Å². The maximum atomic E-state index is 13.1. The Labute approximate surface area is 191 Å². The van der Waals surface area contributed by atoms with Crippen LogP contribution in [0, 0.1) is 0 Å². The van der Waals surface area contributed by atoms with Gasteiger partial charge in [0.1, 0.15) is 11.5 Å². The summed E-state index contributed by atoms with van der Waals surface area (Å²) in [5.41, 5.74) is 2.88. The fourth-order valence-corrected chi connectivity index (χ4v) is 4.85. The quantitative estimate of drug-likeness (QED) is 0.389. The third-order valence-electron chi connectivity index (χ3n) is 5.18. The number of rotatable bonds is 8. The van der Waals surface area contributed by atoms with E-state index in [4.69, 9.17) is 19.2 Å². The van der Waals surface area contributed by atoms with Crippen LogP contribution in [0.3, 0.4) is 0 Å². The third kappa shape index (κ3) is 4.61. The molecule has 4 rings (SSSR count). The summed E-state index contributed by atoms with van der Waals surface area (Å²) in [7, 11) is 2.64. The average molecular weight is 469 g/mol. The summed E-state index contributed by atoms with van der Waals surface area (Å²) in [6, 6.07) is 10.9. The van der Waals surface area contributed by atoms with Crippen molar-refractivity contribution in [3.8, 4) is 17.2 Å². The van der Waals surface area contributed by atoms with Gasteiger partial charge in [0.05, 0.1) is 50.1 Å². The Morgan fingerprint density at radius 1 is 0.939 bits per heavy atom. The van der Waals surface area contributed by atoms with Crippen LogP contribution in [0.5, 0.6) is 17.2 Å². The lowest BCUT2D eigenvalue weighted by Gasteiger charge is -2.16. The van der Waals surface area contributed by atoms with Gasteiger partial charge in [0.25, 0.3) is 0 Å². The molecule has 0 aliphatic heterocycles. The molecule has 0 saturated carbocycles. The summed E-state index contributed by atoms with van der Waals surface area (Å²) in [4.78, 5) is 13.4. The molecule has 0 N–H and O–H groups in total. The number of aromatic nitrogens is 4. The van der Waals surface area contributed by atoms with Crippen molar-refractivity contribution in [2.24, 2.45) is 7.05 Å². The predicted octanol–water partition coefficient (Wildman–Crippen LogP) is 2.95. The minimum Gasteiger partial charge on any atom is -0.497 e. The van der Waals surface area contributed by atoms with E-state index >= 15 is 0 Å². The SMILES string of the molecule is COc1cc(Cc2nc3ccccc3nc2CS(=O)(=O)c2cn(C)cn2)c(OC)c(OC)c1. The first-order valence-corrected chi connectivity index (χ1v) is 11.7. The molecule has 2 aromatic heterocycles. The van der Waals surface area contributed by atoms with Crippen molar-refractivity contribution in [3.05, 3.63) is 65.9 Å². The van der Waals surface area contributed by atoms with Crippen molar-refractivity contribution in [2.75, 3.05) is 21.3 Å². The third-order valence-corrected chi connectivity index (χ3v) is 6.68. The number of imidazole rings is 1. The van der Waals surface area contributed by atoms with Gasteiger partial charge >= 0.3 is 0 Å². The Morgan fingerprint density at radius 3 is 2.21 bits per heavy atom. The highest BCUT2D eigenvalue weighted by molar-refractivity contribution is 7.90. The fraction of sp³-hybridized carbons (Fsp3) is 0.261. The van der Waals surface area contributed by atoms with Gasteiger partial charge in [0, 0.05) is 31.3 Å². The molecule has 0 spiro atoms. The summed E-state index contributed by atoms with van der Waals surface area (Å²) in [5, 5.41) is -0.00783. The Hall–Kier alpha value is -3.66. The normalized spacial score (nSPS) is 11.5. The Bertz CT molecular complexity index is 1420. The molecular weight excluding hydrogens is 444 g/mol. The van der Waals surface area contributed by atoms with Crippen LogP contribution in [0.1, 0.15) is 17.0 Å². The maximum absolute atomic E-state index is 13.1. The molecule has 0 aliphatic carbocycles. The van der Waals surface area contributed by atoms with Gasteiger partial charge < -0.3 is 18.8 Å². The summed E-state index contributed by atoms with van der Waals surface area (Å²) in [6.45, 7) is 0. The first-order chi connectivity index (χ1) is 15.8. The molecule has 2 aromatic carbocycles. The van der Waals surface area contributed by atoms with Crippen molar-refractivity contribution in [1.29, 1.82) is 0 Å². The van der Waals surface area contributed by atoms with Gasteiger partial charge in [-0.2, -0.15) is 0 Å². The van der Waals surface area contributed by atoms with E-state index in [9.17, 15) is 8.42 Å². The number of hydrogen-bond acceptors (Lipinski definition) is 8. The molecule has 0 saturated heterocycles. The maximum Gasteiger partial charge on any atom is 0.202 e. The smallest absolute Gasteiger partial charge is 0.202 e. The molecule has 0 atom stereocenters. The van der Waals surface area contributed by atoms with Crippen molar-refractivity contribution < 1.29 is 22.6 Å². The molecule has 2 heterocycles. The first kappa shape index (κ1) is 22.5. The number of aryl methyl sites for hydroxylation is 1. The van der Waals surface area contributed by atoms with Gasteiger partial charge in [-0.1, -0.05) is 12.1 Å². The first-order valence-electron chi connectivity index (χ1n) is 10.1. The molecular formula is C23H24N4O5S. The second-order valence-corrected chi connectivity index (χ2v) is 9.38. The summed E-state index contributed by atoms with van der Waals surface area (Å²) in [5.74, 6) is 1.27. The molecule has 0 amide bonds. The summed E-state index contributed by atoms with van der Waals surface area (Å²) in [6.07, 6.45) is 3.19. The second-order valence-electron chi connectivity index (χ2n) is 7.44. The highest BCUT2D eigenvalue weighted by atomic mass is 32.2. The molecule has 0 unspecified atom stereocenters. The van der Waals surface area contributed by atoms with Gasteiger partial charge in [-0.15, -0.1) is 0 Å². The lowest BCUT2D eigenvalue weighted by molar-refractivity contribution is 0.346. The average Bonchev–Trinajstić information content (AvgIpc) is 3.26. The minimum atomic E-state index is -3.73. The number of methoxy groups -OCH3 is 3. The zero-order valence-corrected chi connectivity index (χ0v) is 19.6. The molecule has 33 heavy (non-hydrogen) atoms. The Morgan fingerprint density at radius 2 is 1.64 bits per heavy atom. The summed E-state index contributed by atoms with van der Waals surface area (Å²) >= 11 is 0. The van der Waals surface area contributed by atoms with E-state index in [1.165, 1.54) is 12.5 Å². The number of ether oxygens (including phenoxy) is 3. The molecule has 0 aliphatic rings. The topological polar surface area (TPSA) is 105 Å². The van der Waals surface area contributed by atoms with E-state index in [0.29, 0.717) is 39.7 Å². The van der Waals surface area contributed by atoms with E-state index in [0.717, 1.165) is 5.56 Å². The van der Waals surface area contributed by atoms with E-state index in [1.807, 2.05) is 24.3 Å². The number of hydrogen-bond donors (Lipinski definition) is 0. The number of nitrogens with zero attached hydrogens (tertiary/aromatic N) is 4. The molecule has 0 bridgehead atoms. The van der Waals surface area contributed by atoms with E-state index in [-0.39, 0.29) is 17.2 Å². The minimum absolute atomic E-state index is 0.00783. The van der Waals surface area contributed by atoms with Crippen molar-refractivity contribution in [3.63, 3.8) is 0 Å². The van der Waals surface area contributed by atoms with Gasteiger partial charge in [0.2, 0.25) is 9.84 Å². The molecule has 172 valence electrons. The number of fused-ring (bicyclic) bond motifs is 1. The lowest BCUT2D eigenvalue weighted by Crippen LogP contribution is -2.12. The molecule has 10 heteroatoms. The van der Waals surface area contributed by atoms with Crippen molar-refractivity contribution in [2.45, 2.75) is 17.2 Å². The second kappa shape index (κ2) is 9.07. The molecule has 0 radical (unpaired) electrons. The zero-order chi connectivity index (χ0) is 23.6. The predicted molar refractivity (Wildman–Crippen MR) is 123 cm³/mol. The number of benzene rings is 2. The molecule has 4 aromatic rings. The van der Waals surface area contributed by atoms with Gasteiger partial charge in [0.15, 0.2) is 16.5 Å². The number of para-hydroxylation sites is 2. The van der Waals surface area contributed by atoms with Crippen LogP contribution in [0.4, 0.5) is 0 Å². The van der Waals surface area contributed by atoms with E-state index < -0.39 is 9.84 Å². The zero-order valence-electron chi connectivity index (χ0n) is 18.8. The molecule has 0 fully saturated rings. The molecule has 9 nitrogen and oxygen atoms in total. The monoisotopic (exact) mass is 468 g/mol. The van der Waals surface area contributed by atoms with Crippen LogP contribution in [-0.4, -0.2) is 49.3 Å². The van der Waals surface area contributed by atoms with Crippen LogP contribution in [0.2, 0.25) is 0 Å². The van der Waals surface area contributed by atoms with Crippen molar-refractivity contribution >= 4 is 20.9 Å². The largest absolute Gasteiger partial charge is 0.497 e. The van der Waals surface area contributed by atoms with Crippen LogP contribution < -0.4 is 14.2 Å². The van der Waals surface area contributed by atoms with E-state index in [2.05, 4.69) is 9.97 Å². The summed E-state index contributed by atoms with van der Waals surface area (Å²) < 4.78 is 44.2. The Balaban J connectivity index is 1.84. The van der Waals surface area contributed by atoms with Crippen LogP contribution in [-0.2, 0) is 29.1 Å². The van der Waals surface area contributed by atoms with Gasteiger partial charge in [-0.3, -0.25) is 0 Å². The fourth-order valence-electron chi connectivity index (χ4n) is 3.58. The van der Waals surface area contributed by atoms with Gasteiger partial charge in [-0.25, -0.2) is 23.4 Å². The van der Waals surface area contributed by atoms with Crippen molar-refractivity contribution in [1.82, 2.24) is 19.5 Å². The Kier molecular flexibility index (Phi) is 6.19. The highest BCUT2D eigenvalue weighted by Gasteiger charge is 2.24. The van der Waals surface area contributed by atoms with Crippen LogP contribution >= 0.6 is 0 Å². The van der Waals surface area contributed by atoms with Crippen LogP contribution in [0.25, 0.3) is 11.0 Å². The van der Waals surface area contributed by atoms with Crippen LogP contribution in [0.15, 0.2) is 53.9 Å². The standard InChI is InChI=1S/C23H24N4O5S/c1-27-12-22(24-14-27)33(28,29)13-20-19(25-17-7-5-6-8-18(17)26-20)10-15-9-16(30-2)11-21(31-3)23(15)32-4/h5-9,11-12,14H,10,13H2,1-4H3. The highest BCUT2D eigenvalue weighted by Crippen LogP contribution is 2.37.